The Kier molecular flexibility index (Phi) is 3.08. The Bertz CT molecular complexity index is 402. The molecule has 0 radical (unpaired) electrons. The van der Waals surface area contributed by atoms with E-state index in [9.17, 15) is 13.2 Å². The van der Waals surface area contributed by atoms with Gasteiger partial charge in [0.2, 0.25) is 5.95 Å². The molecule has 1 aromatic heterocycles. The average molecular weight is 247 g/mol. The van der Waals surface area contributed by atoms with Gasteiger partial charge in [0.15, 0.2) is 11.4 Å². The van der Waals surface area contributed by atoms with Crippen LogP contribution >= 0.6 is 0 Å². The van der Waals surface area contributed by atoms with Gasteiger partial charge in [0.25, 0.3) is 0 Å². The van der Waals surface area contributed by atoms with Gasteiger partial charge in [-0.2, -0.15) is 13.2 Å². The Balaban J connectivity index is 2.30. The predicted octanol–water partition coefficient (Wildman–Crippen LogP) is 2.19. The molecule has 17 heavy (non-hydrogen) atoms. The van der Waals surface area contributed by atoms with Crippen LogP contribution < -0.4 is 4.90 Å². The number of halogens is 3. The fraction of sp³-hybridized carbons (Fsp3) is 0.600. The van der Waals surface area contributed by atoms with Gasteiger partial charge in [-0.05, 0) is 19.3 Å². The molecule has 1 aliphatic heterocycles. The lowest BCUT2D eigenvalue weighted by Gasteiger charge is -2.26. The van der Waals surface area contributed by atoms with Crippen molar-refractivity contribution >= 4 is 5.95 Å². The first-order chi connectivity index (χ1) is 7.98. The van der Waals surface area contributed by atoms with Crippen LogP contribution in [-0.2, 0) is 6.18 Å². The SMILES string of the molecule is Oc1cnc(N2CCCCC2)nc1C(F)(F)F. The number of aromatic nitrogens is 2. The highest BCUT2D eigenvalue weighted by Crippen LogP contribution is 2.34. The molecular weight excluding hydrogens is 235 g/mol. The lowest BCUT2D eigenvalue weighted by Crippen LogP contribution is -2.31. The minimum atomic E-state index is -4.66. The van der Waals surface area contributed by atoms with E-state index in [1.165, 1.54) is 0 Å². The summed E-state index contributed by atoms with van der Waals surface area (Å²) in [4.78, 5) is 8.85. The maximum absolute atomic E-state index is 12.5. The van der Waals surface area contributed by atoms with Crippen molar-refractivity contribution in [3.63, 3.8) is 0 Å². The number of rotatable bonds is 1. The van der Waals surface area contributed by atoms with Crippen LogP contribution in [0, 0.1) is 0 Å². The standard InChI is InChI=1S/C10H12F3N3O/c11-10(12,13)8-7(17)6-14-9(15-8)16-4-2-1-3-5-16/h6,17H,1-5H2. The summed E-state index contributed by atoms with van der Waals surface area (Å²) < 4.78 is 37.6. The zero-order valence-electron chi connectivity index (χ0n) is 9.04. The van der Waals surface area contributed by atoms with Crippen LogP contribution in [0.15, 0.2) is 6.20 Å². The summed E-state index contributed by atoms with van der Waals surface area (Å²) in [7, 11) is 0. The highest BCUT2D eigenvalue weighted by molar-refractivity contribution is 5.36. The normalized spacial score (nSPS) is 17.2. The van der Waals surface area contributed by atoms with Crippen molar-refractivity contribution in [3.8, 4) is 5.75 Å². The van der Waals surface area contributed by atoms with E-state index >= 15 is 0 Å². The topological polar surface area (TPSA) is 49.3 Å². The molecule has 0 atom stereocenters. The molecule has 0 aromatic carbocycles. The minimum Gasteiger partial charge on any atom is -0.504 e. The van der Waals surface area contributed by atoms with Crippen LogP contribution in [0.25, 0.3) is 0 Å². The Morgan fingerprint density at radius 2 is 1.82 bits per heavy atom. The van der Waals surface area contributed by atoms with Crippen LogP contribution in [-0.4, -0.2) is 28.2 Å². The van der Waals surface area contributed by atoms with Crippen molar-refractivity contribution in [1.82, 2.24) is 9.97 Å². The van der Waals surface area contributed by atoms with Crippen molar-refractivity contribution in [3.05, 3.63) is 11.9 Å². The van der Waals surface area contributed by atoms with Crippen molar-refractivity contribution in [2.75, 3.05) is 18.0 Å². The summed E-state index contributed by atoms with van der Waals surface area (Å²) in [5, 5.41) is 9.11. The number of hydrogen-bond donors (Lipinski definition) is 1. The molecule has 1 N–H and O–H groups in total. The van der Waals surface area contributed by atoms with Gasteiger partial charge >= 0.3 is 6.18 Å². The average Bonchev–Trinajstić information content (AvgIpc) is 2.29. The number of hydrogen-bond acceptors (Lipinski definition) is 4. The van der Waals surface area contributed by atoms with Gasteiger partial charge in [0.1, 0.15) is 0 Å². The van der Waals surface area contributed by atoms with Crippen LogP contribution in [0.5, 0.6) is 5.75 Å². The van der Waals surface area contributed by atoms with Crippen molar-refractivity contribution in [1.29, 1.82) is 0 Å². The number of anilines is 1. The third-order valence-electron chi connectivity index (χ3n) is 2.66. The van der Waals surface area contributed by atoms with Crippen molar-refractivity contribution < 1.29 is 18.3 Å². The highest BCUT2D eigenvalue weighted by atomic mass is 19.4. The molecule has 0 spiro atoms. The fourth-order valence-electron chi connectivity index (χ4n) is 1.82. The lowest BCUT2D eigenvalue weighted by atomic mass is 10.1. The molecule has 1 aliphatic rings. The monoisotopic (exact) mass is 247 g/mol. The van der Waals surface area contributed by atoms with Crippen LogP contribution in [0.3, 0.4) is 0 Å². The van der Waals surface area contributed by atoms with Crippen LogP contribution in [0.2, 0.25) is 0 Å². The first-order valence-corrected chi connectivity index (χ1v) is 5.36. The number of piperidine rings is 1. The van der Waals surface area contributed by atoms with Gasteiger partial charge in [-0.25, -0.2) is 9.97 Å². The van der Waals surface area contributed by atoms with E-state index in [-0.39, 0.29) is 5.95 Å². The lowest BCUT2D eigenvalue weighted by molar-refractivity contribution is -0.142. The number of alkyl halides is 3. The van der Waals surface area contributed by atoms with E-state index in [4.69, 9.17) is 5.11 Å². The maximum atomic E-state index is 12.5. The molecule has 0 amide bonds. The molecule has 1 saturated heterocycles. The second-order valence-electron chi connectivity index (χ2n) is 3.95. The largest absolute Gasteiger partial charge is 0.504 e. The van der Waals surface area contributed by atoms with Crippen molar-refractivity contribution in [2.45, 2.75) is 25.4 Å². The Hall–Kier alpha value is -1.53. The number of nitrogens with zero attached hydrogens (tertiary/aromatic N) is 3. The summed E-state index contributed by atoms with van der Waals surface area (Å²) >= 11 is 0. The zero-order valence-corrected chi connectivity index (χ0v) is 9.04. The highest BCUT2D eigenvalue weighted by Gasteiger charge is 2.37. The fourth-order valence-corrected chi connectivity index (χ4v) is 1.82. The molecule has 4 nitrogen and oxygen atoms in total. The zero-order chi connectivity index (χ0) is 12.5. The third kappa shape index (κ3) is 2.59. The smallest absolute Gasteiger partial charge is 0.437 e. The first-order valence-electron chi connectivity index (χ1n) is 5.36. The summed E-state index contributed by atoms with van der Waals surface area (Å²) in [5.74, 6) is -0.895. The summed E-state index contributed by atoms with van der Waals surface area (Å²) in [6, 6.07) is 0. The second kappa shape index (κ2) is 4.38. The first kappa shape index (κ1) is 11.9. The quantitative estimate of drug-likeness (QED) is 0.826. The summed E-state index contributed by atoms with van der Waals surface area (Å²) in [5.41, 5.74) is -1.27. The third-order valence-corrected chi connectivity index (χ3v) is 2.66. The van der Waals surface area contributed by atoms with E-state index in [0.717, 1.165) is 25.5 Å². The van der Waals surface area contributed by atoms with Crippen LogP contribution in [0.1, 0.15) is 25.0 Å². The Morgan fingerprint density at radius 3 is 2.41 bits per heavy atom. The van der Waals surface area contributed by atoms with Crippen LogP contribution in [0.4, 0.5) is 19.1 Å². The van der Waals surface area contributed by atoms with Gasteiger partial charge < -0.3 is 10.0 Å². The molecule has 0 unspecified atom stereocenters. The maximum Gasteiger partial charge on any atom is 0.437 e. The molecule has 0 aliphatic carbocycles. The molecule has 7 heteroatoms. The van der Waals surface area contributed by atoms with E-state index in [0.29, 0.717) is 13.1 Å². The summed E-state index contributed by atoms with van der Waals surface area (Å²) in [6.07, 6.45) is -0.935. The van der Waals surface area contributed by atoms with E-state index in [1.807, 2.05) is 0 Å². The molecule has 0 saturated carbocycles. The van der Waals surface area contributed by atoms with Gasteiger partial charge in [0.05, 0.1) is 6.20 Å². The van der Waals surface area contributed by atoms with Gasteiger partial charge in [-0.1, -0.05) is 0 Å². The number of aromatic hydroxyl groups is 1. The molecule has 1 aromatic rings. The summed E-state index contributed by atoms with van der Waals surface area (Å²) in [6.45, 7) is 1.31. The Morgan fingerprint density at radius 1 is 1.18 bits per heavy atom. The van der Waals surface area contributed by atoms with Gasteiger partial charge in [-0.3, -0.25) is 0 Å². The van der Waals surface area contributed by atoms with Gasteiger partial charge in [0, 0.05) is 13.1 Å². The molecule has 0 bridgehead atoms. The Labute approximate surface area is 96.1 Å². The molecule has 1 fully saturated rings. The predicted molar refractivity (Wildman–Crippen MR) is 54.8 cm³/mol. The minimum absolute atomic E-state index is 0.0369. The van der Waals surface area contributed by atoms with Crippen molar-refractivity contribution in [2.24, 2.45) is 0 Å². The van der Waals surface area contributed by atoms with Gasteiger partial charge in [-0.15, -0.1) is 0 Å². The second-order valence-corrected chi connectivity index (χ2v) is 3.95. The van der Waals surface area contributed by atoms with E-state index in [2.05, 4.69) is 9.97 Å². The molecular formula is C10H12F3N3O. The van der Waals surface area contributed by atoms with E-state index < -0.39 is 17.6 Å². The van der Waals surface area contributed by atoms with E-state index in [1.54, 1.807) is 4.90 Å². The molecule has 2 heterocycles. The molecule has 2 rings (SSSR count). The molecule has 94 valence electrons.